The largest absolute Gasteiger partial charge is 0.313 e. The summed E-state index contributed by atoms with van der Waals surface area (Å²) in [7, 11) is 0. The zero-order valence-electron chi connectivity index (χ0n) is 8.77. The van der Waals surface area contributed by atoms with Gasteiger partial charge in [0.15, 0.2) is 0 Å². The molecule has 74 valence electrons. The van der Waals surface area contributed by atoms with Crippen LogP contribution in [0.2, 0.25) is 0 Å². The average Bonchev–Trinajstić information content (AvgIpc) is 2.59. The topological polar surface area (TPSA) is 15.3 Å². The van der Waals surface area contributed by atoms with Gasteiger partial charge in [0, 0.05) is 19.1 Å². The van der Waals surface area contributed by atoms with Gasteiger partial charge in [-0.1, -0.05) is 12.8 Å². The average molecular weight is 180 g/mol. The number of nitrogens with one attached hydrogen (secondary N) is 1. The summed E-state index contributed by atoms with van der Waals surface area (Å²) in [5.74, 6) is 6.06. The summed E-state index contributed by atoms with van der Waals surface area (Å²) in [5, 5.41) is 3.55. The Morgan fingerprint density at radius 2 is 2.38 bits per heavy atom. The quantitative estimate of drug-likeness (QED) is 0.651. The van der Waals surface area contributed by atoms with E-state index in [1.807, 2.05) is 6.92 Å². The Balaban J connectivity index is 2.15. The molecule has 2 heteroatoms. The summed E-state index contributed by atoms with van der Waals surface area (Å²) < 4.78 is 0. The molecule has 0 bridgehead atoms. The van der Waals surface area contributed by atoms with E-state index in [0.717, 1.165) is 13.1 Å². The van der Waals surface area contributed by atoms with Gasteiger partial charge in [0.1, 0.15) is 0 Å². The fourth-order valence-corrected chi connectivity index (χ4v) is 1.68. The fraction of sp³-hybridized carbons (Fsp3) is 0.818. The molecule has 13 heavy (non-hydrogen) atoms. The fourth-order valence-electron chi connectivity index (χ4n) is 1.68. The Morgan fingerprint density at radius 3 is 3.08 bits per heavy atom. The maximum absolute atomic E-state index is 3.55. The highest BCUT2D eigenvalue weighted by Crippen LogP contribution is 2.07. The summed E-state index contributed by atoms with van der Waals surface area (Å²) >= 11 is 0. The first-order valence-corrected chi connectivity index (χ1v) is 5.22. The van der Waals surface area contributed by atoms with Crippen LogP contribution in [-0.2, 0) is 0 Å². The smallest absolute Gasteiger partial charge is 0.0602 e. The van der Waals surface area contributed by atoms with Crippen molar-refractivity contribution in [1.29, 1.82) is 0 Å². The van der Waals surface area contributed by atoms with E-state index in [1.54, 1.807) is 0 Å². The maximum Gasteiger partial charge on any atom is 0.0602 e. The van der Waals surface area contributed by atoms with Gasteiger partial charge in [-0.2, -0.15) is 0 Å². The van der Waals surface area contributed by atoms with Crippen LogP contribution in [0, 0.1) is 11.8 Å². The number of rotatable bonds is 4. The Hall–Kier alpha value is -0.520. The minimum atomic E-state index is 0.707. The lowest BCUT2D eigenvalue weighted by Gasteiger charge is -2.13. The van der Waals surface area contributed by atoms with Crippen molar-refractivity contribution in [2.24, 2.45) is 0 Å². The van der Waals surface area contributed by atoms with Crippen LogP contribution in [0.15, 0.2) is 0 Å². The van der Waals surface area contributed by atoms with Gasteiger partial charge in [-0.05, 0) is 26.3 Å². The summed E-state index contributed by atoms with van der Waals surface area (Å²) in [6.07, 6.45) is 2.51. The van der Waals surface area contributed by atoms with Gasteiger partial charge in [-0.3, -0.25) is 4.90 Å². The first-order chi connectivity index (χ1) is 6.36. The van der Waals surface area contributed by atoms with Crippen molar-refractivity contribution in [3.05, 3.63) is 0 Å². The molecule has 0 aromatic heterocycles. The summed E-state index contributed by atoms with van der Waals surface area (Å²) in [4.78, 5) is 2.42. The van der Waals surface area contributed by atoms with Crippen molar-refractivity contribution in [2.75, 3.05) is 26.2 Å². The Morgan fingerprint density at radius 1 is 1.54 bits per heavy atom. The van der Waals surface area contributed by atoms with Crippen molar-refractivity contribution in [2.45, 2.75) is 32.7 Å². The third kappa shape index (κ3) is 3.80. The normalized spacial score (nSPS) is 22.8. The van der Waals surface area contributed by atoms with Crippen molar-refractivity contribution in [3.8, 4) is 11.8 Å². The summed E-state index contributed by atoms with van der Waals surface area (Å²) in [6, 6.07) is 0.707. The second kappa shape index (κ2) is 6.01. The molecule has 0 aliphatic carbocycles. The molecule has 1 rings (SSSR count). The highest BCUT2D eigenvalue weighted by Gasteiger charge is 2.20. The minimum absolute atomic E-state index is 0.707. The molecule has 0 aromatic carbocycles. The van der Waals surface area contributed by atoms with Crippen molar-refractivity contribution < 1.29 is 0 Å². The molecular formula is C11H20N2. The van der Waals surface area contributed by atoms with Gasteiger partial charge in [0.2, 0.25) is 0 Å². The number of hydrogen-bond acceptors (Lipinski definition) is 2. The lowest BCUT2D eigenvalue weighted by atomic mass is 10.2. The van der Waals surface area contributed by atoms with Gasteiger partial charge < -0.3 is 5.32 Å². The van der Waals surface area contributed by atoms with E-state index in [0.29, 0.717) is 6.04 Å². The van der Waals surface area contributed by atoms with Crippen LogP contribution in [0.5, 0.6) is 0 Å². The highest BCUT2D eigenvalue weighted by molar-refractivity contribution is 4.99. The lowest BCUT2D eigenvalue weighted by Crippen LogP contribution is -2.33. The molecule has 0 amide bonds. The molecule has 0 radical (unpaired) electrons. The number of nitrogens with zero attached hydrogens (tertiary/aromatic N) is 1. The van der Waals surface area contributed by atoms with Crippen molar-refractivity contribution >= 4 is 0 Å². The summed E-state index contributed by atoms with van der Waals surface area (Å²) in [5.41, 5.74) is 0. The maximum atomic E-state index is 3.55. The van der Waals surface area contributed by atoms with E-state index < -0.39 is 0 Å². The third-order valence-electron chi connectivity index (χ3n) is 2.43. The second-order valence-electron chi connectivity index (χ2n) is 3.60. The molecule has 1 fully saturated rings. The van der Waals surface area contributed by atoms with E-state index >= 15 is 0 Å². The van der Waals surface area contributed by atoms with Crippen LogP contribution in [-0.4, -0.2) is 37.1 Å². The van der Waals surface area contributed by atoms with Gasteiger partial charge >= 0.3 is 0 Å². The predicted molar refractivity (Wildman–Crippen MR) is 56.6 cm³/mol. The van der Waals surface area contributed by atoms with Crippen LogP contribution < -0.4 is 5.32 Å². The van der Waals surface area contributed by atoms with Crippen LogP contribution >= 0.6 is 0 Å². The highest BCUT2D eigenvalue weighted by atomic mass is 15.2. The van der Waals surface area contributed by atoms with Crippen LogP contribution in [0.3, 0.4) is 0 Å². The molecule has 1 aliphatic heterocycles. The van der Waals surface area contributed by atoms with E-state index in [2.05, 4.69) is 29.0 Å². The van der Waals surface area contributed by atoms with Crippen LogP contribution in [0.4, 0.5) is 0 Å². The minimum Gasteiger partial charge on any atom is -0.313 e. The number of hydrogen-bond donors (Lipinski definition) is 1. The molecule has 1 heterocycles. The van der Waals surface area contributed by atoms with E-state index in [9.17, 15) is 0 Å². The zero-order valence-corrected chi connectivity index (χ0v) is 8.77. The van der Waals surface area contributed by atoms with Crippen LogP contribution in [0.25, 0.3) is 0 Å². The Labute approximate surface area is 81.7 Å². The molecule has 0 spiro atoms. The van der Waals surface area contributed by atoms with Gasteiger partial charge in [0.25, 0.3) is 0 Å². The molecule has 1 atom stereocenters. The summed E-state index contributed by atoms with van der Waals surface area (Å²) in [6.45, 7) is 8.59. The molecule has 1 unspecified atom stereocenters. The monoisotopic (exact) mass is 180 g/mol. The molecular weight excluding hydrogens is 160 g/mol. The molecule has 2 nitrogen and oxygen atoms in total. The molecule has 1 aliphatic rings. The van der Waals surface area contributed by atoms with Gasteiger partial charge in [-0.15, -0.1) is 5.92 Å². The molecule has 0 aromatic rings. The van der Waals surface area contributed by atoms with E-state index in [-0.39, 0.29) is 0 Å². The first kappa shape index (κ1) is 10.6. The third-order valence-corrected chi connectivity index (χ3v) is 2.43. The van der Waals surface area contributed by atoms with Gasteiger partial charge in [0.05, 0.1) is 6.54 Å². The van der Waals surface area contributed by atoms with E-state index in [1.165, 1.54) is 25.9 Å². The van der Waals surface area contributed by atoms with E-state index in [4.69, 9.17) is 0 Å². The zero-order chi connectivity index (χ0) is 9.52. The Bertz CT molecular complexity index is 190. The molecule has 1 saturated heterocycles. The van der Waals surface area contributed by atoms with Crippen LogP contribution in [0.1, 0.15) is 26.7 Å². The first-order valence-electron chi connectivity index (χ1n) is 5.22. The molecule has 1 N–H and O–H groups in total. The number of likely N-dealkylation sites (tertiary alicyclic amines) is 1. The van der Waals surface area contributed by atoms with Crippen molar-refractivity contribution in [3.63, 3.8) is 0 Å². The lowest BCUT2D eigenvalue weighted by molar-refractivity contribution is 0.367. The van der Waals surface area contributed by atoms with Gasteiger partial charge in [-0.25, -0.2) is 0 Å². The Kier molecular flexibility index (Phi) is 4.88. The molecule has 0 saturated carbocycles. The van der Waals surface area contributed by atoms with Crippen molar-refractivity contribution in [1.82, 2.24) is 10.2 Å². The SMILES string of the molecule is CC#CCN1CCC(NCCC)C1. The standard InChI is InChI=1S/C11H20N2/c1-3-5-8-13-9-6-11(10-13)12-7-4-2/h11-12H,4,6-10H2,1-2H3. The predicted octanol–water partition coefficient (Wildman–Crippen LogP) is 1.08. The second-order valence-corrected chi connectivity index (χ2v) is 3.60.